The summed E-state index contributed by atoms with van der Waals surface area (Å²) < 4.78 is 0. The van der Waals surface area contributed by atoms with E-state index in [9.17, 15) is 0 Å². The largest absolute Gasteiger partial charge is 0.315 e. The van der Waals surface area contributed by atoms with Gasteiger partial charge in [0.2, 0.25) is 0 Å². The summed E-state index contributed by atoms with van der Waals surface area (Å²) in [7, 11) is 0. The first-order valence-electron chi connectivity index (χ1n) is 8.56. The molecule has 2 rings (SSSR count). The minimum absolute atomic E-state index is 0.708. The van der Waals surface area contributed by atoms with Crippen LogP contribution in [0, 0.1) is 11.3 Å². The van der Waals surface area contributed by atoms with E-state index in [0.717, 1.165) is 24.4 Å². The van der Waals surface area contributed by atoms with Crippen LogP contribution in [0.1, 0.15) is 65.7 Å². The summed E-state index contributed by atoms with van der Waals surface area (Å²) in [6, 6.07) is 0.708. The molecule has 0 aromatic heterocycles. The number of hydrogen-bond acceptors (Lipinski definition) is 2. The second-order valence-corrected chi connectivity index (χ2v) is 7.50. The van der Waals surface area contributed by atoms with Gasteiger partial charge in [-0.1, -0.05) is 33.1 Å². The molecule has 1 atom stereocenters. The Hall–Kier alpha value is -0.0800. The number of nitrogens with zero attached hydrogens (tertiary/aromatic N) is 1. The van der Waals surface area contributed by atoms with Gasteiger partial charge < -0.3 is 5.32 Å². The van der Waals surface area contributed by atoms with Gasteiger partial charge in [0.1, 0.15) is 0 Å². The van der Waals surface area contributed by atoms with E-state index in [1.807, 2.05) is 0 Å². The smallest absolute Gasteiger partial charge is 0.0192 e. The van der Waals surface area contributed by atoms with Crippen LogP contribution in [0.15, 0.2) is 0 Å². The van der Waals surface area contributed by atoms with E-state index in [1.54, 1.807) is 0 Å². The molecule has 1 aliphatic heterocycles. The highest BCUT2D eigenvalue weighted by Crippen LogP contribution is 2.44. The normalized spacial score (nSPS) is 25.9. The first kappa shape index (κ1) is 15.3. The maximum Gasteiger partial charge on any atom is 0.0192 e. The molecule has 1 N–H and O–H groups in total. The van der Waals surface area contributed by atoms with Gasteiger partial charge in [0.15, 0.2) is 0 Å². The van der Waals surface area contributed by atoms with Crippen LogP contribution >= 0.6 is 0 Å². The van der Waals surface area contributed by atoms with E-state index in [0.29, 0.717) is 6.04 Å². The predicted octanol–water partition coefficient (Wildman–Crippen LogP) is 3.67. The maximum absolute atomic E-state index is 3.61. The number of rotatable bonds is 5. The summed E-state index contributed by atoms with van der Waals surface area (Å²) in [4.78, 5) is 2.72. The molecule has 112 valence electrons. The van der Waals surface area contributed by atoms with Crippen molar-refractivity contribution in [1.82, 2.24) is 10.2 Å². The van der Waals surface area contributed by atoms with Crippen molar-refractivity contribution in [2.75, 3.05) is 26.2 Å². The van der Waals surface area contributed by atoms with E-state index in [1.165, 1.54) is 58.0 Å². The second kappa shape index (κ2) is 7.08. The lowest BCUT2D eigenvalue weighted by Crippen LogP contribution is -2.48. The lowest BCUT2D eigenvalue weighted by molar-refractivity contribution is 0.0489. The molecule has 1 saturated heterocycles. The van der Waals surface area contributed by atoms with Crippen molar-refractivity contribution in [2.24, 2.45) is 11.3 Å². The van der Waals surface area contributed by atoms with Gasteiger partial charge in [-0.25, -0.2) is 0 Å². The molecule has 0 radical (unpaired) electrons. The summed E-state index contributed by atoms with van der Waals surface area (Å²) in [6.07, 6.45) is 10.4. The molecule has 1 spiro atoms. The van der Waals surface area contributed by atoms with Gasteiger partial charge in [-0.2, -0.15) is 0 Å². The lowest BCUT2D eigenvalue weighted by Gasteiger charge is -2.46. The zero-order valence-electron chi connectivity index (χ0n) is 13.4. The summed E-state index contributed by atoms with van der Waals surface area (Å²) >= 11 is 0. The van der Waals surface area contributed by atoms with Crippen LogP contribution in [0.4, 0.5) is 0 Å². The fourth-order valence-corrected chi connectivity index (χ4v) is 3.95. The highest BCUT2D eigenvalue weighted by atomic mass is 15.2. The average Bonchev–Trinajstić information content (AvgIpc) is 2.40. The van der Waals surface area contributed by atoms with Crippen molar-refractivity contribution in [3.63, 3.8) is 0 Å². The quantitative estimate of drug-likeness (QED) is 0.817. The Kier molecular flexibility index (Phi) is 5.70. The van der Waals surface area contributed by atoms with Gasteiger partial charge >= 0.3 is 0 Å². The van der Waals surface area contributed by atoms with Crippen LogP contribution in [0.25, 0.3) is 0 Å². The summed E-state index contributed by atoms with van der Waals surface area (Å²) in [6.45, 7) is 11.9. The summed E-state index contributed by atoms with van der Waals surface area (Å²) in [5.41, 5.74) is 0.750. The van der Waals surface area contributed by atoms with Crippen molar-refractivity contribution >= 4 is 0 Å². The molecule has 19 heavy (non-hydrogen) atoms. The Morgan fingerprint density at radius 3 is 2.11 bits per heavy atom. The molecule has 2 heteroatoms. The zero-order valence-corrected chi connectivity index (χ0v) is 13.4. The SMILES string of the molecule is CC(C)CNCC(C)N1CCC2(CCCCC2)CC1. The van der Waals surface area contributed by atoms with Crippen LogP contribution in [-0.2, 0) is 0 Å². The molecule has 0 bridgehead atoms. The highest BCUT2D eigenvalue weighted by Gasteiger charge is 2.36. The van der Waals surface area contributed by atoms with Crippen LogP contribution < -0.4 is 5.32 Å². The van der Waals surface area contributed by atoms with Gasteiger partial charge in [-0.05, 0) is 63.6 Å². The molecular formula is C17H34N2. The molecule has 0 amide bonds. The van der Waals surface area contributed by atoms with E-state index in [4.69, 9.17) is 0 Å². The Bertz CT molecular complexity index is 246. The third kappa shape index (κ3) is 4.46. The van der Waals surface area contributed by atoms with E-state index in [-0.39, 0.29) is 0 Å². The molecule has 1 unspecified atom stereocenters. The number of nitrogens with one attached hydrogen (secondary N) is 1. The Labute approximate surface area is 120 Å². The van der Waals surface area contributed by atoms with Crippen molar-refractivity contribution in [3.05, 3.63) is 0 Å². The topological polar surface area (TPSA) is 15.3 Å². The van der Waals surface area contributed by atoms with Crippen molar-refractivity contribution in [2.45, 2.75) is 71.8 Å². The molecule has 1 saturated carbocycles. The molecule has 2 fully saturated rings. The molecule has 2 nitrogen and oxygen atoms in total. The number of likely N-dealkylation sites (tertiary alicyclic amines) is 1. The average molecular weight is 266 g/mol. The molecule has 2 aliphatic rings. The maximum atomic E-state index is 3.61. The number of piperidine rings is 1. The minimum atomic E-state index is 0.708. The molecule has 1 heterocycles. The number of hydrogen-bond donors (Lipinski definition) is 1. The Morgan fingerprint density at radius 1 is 0.895 bits per heavy atom. The van der Waals surface area contributed by atoms with Crippen LogP contribution in [0.5, 0.6) is 0 Å². The van der Waals surface area contributed by atoms with E-state index >= 15 is 0 Å². The van der Waals surface area contributed by atoms with Crippen LogP contribution in [0.3, 0.4) is 0 Å². The fraction of sp³-hybridized carbons (Fsp3) is 1.00. The Morgan fingerprint density at radius 2 is 1.53 bits per heavy atom. The van der Waals surface area contributed by atoms with Gasteiger partial charge in [0.25, 0.3) is 0 Å². The first-order chi connectivity index (χ1) is 9.11. The van der Waals surface area contributed by atoms with Crippen LogP contribution in [-0.4, -0.2) is 37.1 Å². The molecule has 0 aromatic carbocycles. The highest BCUT2D eigenvalue weighted by molar-refractivity contribution is 4.89. The monoisotopic (exact) mass is 266 g/mol. The molecular weight excluding hydrogens is 232 g/mol. The summed E-state index contributed by atoms with van der Waals surface area (Å²) in [5.74, 6) is 0.763. The first-order valence-corrected chi connectivity index (χ1v) is 8.56. The van der Waals surface area contributed by atoms with Gasteiger partial charge in [0.05, 0.1) is 0 Å². The van der Waals surface area contributed by atoms with Crippen LogP contribution in [0.2, 0.25) is 0 Å². The predicted molar refractivity (Wildman–Crippen MR) is 83.5 cm³/mol. The van der Waals surface area contributed by atoms with Gasteiger partial charge in [-0.15, -0.1) is 0 Å². The van der Waals surface area contributed by atoms with E-state index in [2.05, 4.69) is 31.0 Å². The Balaban J connectivity index is 1.70. The molecule has 0 aromatic rings. The standard InChI is InChI=1S/C17H34N2/c1-15(2)13-18-14-16(3)19-11-9-17(10-12-19)7-5-4-6-8-17/h15-16,18H,4-14H2,1-3H3. The summed E-state index contributed by atoms with van der Waals surface area (Å²) in [5, 5.41) is 3.61. The fourth-order valence-electron chi connectivity index (χ4n) is 3.95. The minimum Gasteiger partial charge on any atom is -0.315 e. The van der Waals surface area contributed by atoms with Crippen molar-refractivity contribution in [1.29, 1.82) is 0 Å². The zero-order chi connectivity index (χ0) is 13.7. The molecule has 1 aliphatic carbocycles. The van der Waals surface area contributed by atoms with Crippen molar-refractivity contribution in [3.8, 4) is 0 Å². The second-order valence-electron chi connectivity index (χ2n) is 7.50. The lowest BCUT2D eigenvalue weighted by atomic mass is 9.68. The van der Waals surface area contributed by atoms with Gasteiger partial charge in [-0.3, -0.25) is 4.90 Å². The third-order valence-electron chi connectivity index (χ3n) is 5.39. The van der Waals surface area contributed by atoms with Crippen molar-refractivity contribution < 1.29 is 0 Å². The van der Waals surface area contributed by atoms with Gasteiger partial charge in [0, 0.05) is 12.6 Å². The van der Waals surface area contributed by atoms with E-state index < -0.39 is 0 Å². The third-order valence-corrected chi connectivity index (χ3v) is 5.39.